The number of aromatic nitrogens is 6. The Bertz CT molecular complexity index is 1530. The van der Waals surface area contributed by atoms with E-state index in [9.17, 15) is 22.4 Å². The number of nitrogens with zero attached hydrogens (tertiary/aromatic N) is 7. The lowest BCUT2D eigenvalue weighted by Crippen LogP contribution is -2.55. The molecule has 5 heterocycles. The highest BCUT2D eigenvalue weighted by molar-refractivity contribution is 5.89. The molecule has 0 unspecified atom stereocenters. The zero-order chi connectivity index (χ0) is 27.4. The summed E-state index contributed by atoms with van der Waals surface area (Å²) in [5.41, 5.74) is 0.868. The number of halogens is 5. The Hall–Kier alpha value is -4.04. The molecule has 5 rings (SSSR count). The van der Waals surface area contributed by atoms with Gasteiger partial charge in [-0.3, -0.25) is 4.79 Å². The molecule has 0 radical (unpaired) electrons. The Morgan fingerprint density at radius 2 is 2.00 bits per heavy atom. The maximum Gasteiger partial charge on any atom is 0.285 e. The summed E-state index contributed by atoms with van der Waals surface area (Å²) in [5, 5.41) is 9.64. The lowest BCUT2D eigenvalue weighted by molar-refractivity contribution is -0.140. The van der Waals surface area contributed by atoms with Gasteiger partial charge in [0.05, 0.1) is 36.6 Å². The maximum absolute atomic E-state index is 15.3. The van der Waals surface area contributed by atoms with Gasteiger partial charge in [0, 0.05) is 20.5 Å². The summed E-state index contributed by atoms with van der Waals surface area (Å²) < 4.78 is 73.4. The summed E-state index contributed by atoms with van der Waals surface area (Å²) in [7, 11) is 1.53. The molecule has 4 aromatic rings. The normalized spacial score (nSPS) is 17.5. The number of anilines is 2. The van der Waals surface area contributed by atoms with E-state index in [1.54, 1.807) is 13.0 Å². The van der Waals surface area contributed by atoms with Gasteiger partial charge < -0.3 is 20.1 Å². The molecular weight excluding hydrogens is 513 g/mol. The highest BCUT2D eigenvalue weighted by Crippen LogP contribution is 2.34. The second kappa shape index (κ2) is 9.36. The van der Waals surface area contributed by atoms with Crippen molar-refractivity contribution in [2.24, 2.45) is 0 Å². The lowest BCUT2D eigenvalue weighted by Gasteiger charge is -2.38. The van der Waals surface area contributed by atoms with Gasteiger partial charge in [-0.2, -0.15) is 4.98 Å². The second-order valence-electron chi connectivity index (χ2n) is 9.07. The lowest BCUT2D eigenvalue weighted by atomic mass is 10.0. The summed E-state index contributed by atoms with van der Waals surface area (Å²) >= 11 is 0. The summed E-state index contributed by atoms with van der Waals surface area (Å²) in [6.45, 7) is 1.60. The molecule has 0 spiro atoms. The first-order valence-corrected chi connectivity index (χ1v) is 11.8. The zero-order valence-corrected chi connectivity index (χ0v) is 20.6. The van der Waals surface area contributed by atoms with Crippen LogP contribution in [-0.4, -0.2) is 78.5 Å². The van der Waals surface area contributed by atoms with Crippen LogP contribution in [0.15, 0.2) is 18.3 Å². The van der Waals surface area contributed by atoms with E-state index in [0.717, 1.165) is 15.6 Å². The molecule has 0 bridgehead atoms. The van der Waals surface area contributed by atoms with Crippen molar-refractivity contribution < 1.29 is 26.7 Å². The summed E-state index contributed by atoms with van der Waals surface area (Å²) in [6, 6.07) is 1.72. The number of likely N-dealkylation sites (tertiary alicyclic amines) is 1. The number of carbonyl (C=O) groups is 1. The van der Waals surface area contributed by atoms with Crippen molar-refractivity contribution in [3.8, 4) is 11.3 Å². The van der Waals surface area contributed by atoms with E-state index in [1.165, 1.54) is 24.6 Å². The number of hydrogen-bond donors (Lipinski definition) is 2. The van der Waals surface area contributed by atoms with E-state index in [1.807, 2.05) is 0 Å². The number of hydrogen-bond acceptors (Lipinski definition) is 7. The monoisotopic (exact) mass is 537 g/mol. The van der Waals surface area contributed by atoms with Crippen molar-refractivity contribution in [1.29, 1.82) is 0 Å². The van der Waals surface area contributed by atoms with Crippen molar-refractivity contribution in [2.75, 3.05) is 30.8 Å². The molecule has 0 aromatic carbocycles. The number of aryl methyl sites for hydroxylation is 1. The fourth-order valence-corrected chi connectivity index (χ4v) is 4.69. The smallest absolute Gasteiger partial charge is 0.285 e. The number of carbonyl (C=O) groups excluding carboxylic acids is 1. The van der Waals surface area contributed by atoms with E-state index in [4.69, 9.17) is 0 Å². The standard InChI is InChI=1S/C23H24F5N9O/c1-11-30-15-5-4-14(31-21(15)36(11)9-17(25)26)18-13(24)8-37-19(18)20(29-3)33-22(34-37)32-16-6-7-35(12(2)38)10-23(16,27)28/h4-5,8,16-17H,6-7,9-10H2,1-3H3,(H2,29,32,33,34)/t16-/m1/s1. The van der Waals surface area contributed by atoms with Crippen molar-refractivity contribution in [3.05, 3.63) is 30.0 Å². The number of nitrogens with one attached hydrogen (secondary N) is 2. The molecule has 1 amide bonds. The number of rotatable bonds is 6. The van der Waals surface area contributed by atoms with Crippen molar-refractivity contribution in [2.45, 2.75) is 45.2 Å². The van der Waals surface area contributed by atoms with Gasteiger partial charge in [-0.15, -0.1) is 5.10 Å². The fourth-order valence-electron chi connectivity index (χ4n) is 4.69. The first-order chi connectivity index (χ1) is 18.0. The molecule has 10 nitrogen and oxygen atoms in total. The first-order valence-electron chi connectivity index (χ1n) is 11.8. The highest BCUT2D eigenvalue weighted by atomic mass is 19.3. The minimum Gasteiger partial charge on any atom is -0.371 e. The van der Waals surface area contributed by atoms with Crippen molar-refractivity contribution in [1.82, 2.24) is 34.0 Å². The van der Waals surface area contributed by atoms with Gasteiger partial charge in [0.1, 0.15) is 16.9 Å². The van der Waals surface area contributed by atoms with Gasteiger partial charge >= 0.3 is 0 Å². The Balaban J connectivity index is 1.54. The van der Waals surface area contributed by atoms with Crippen LogP contribution in [-0.2, 0) is 11.3 Å². The number of imidazole rings is 1. The minimum atomic E-state index is -3.24. The van der Waals surface area contributed by atoms with Crippen LogP contribution in [0.5, 0.6) is 0 Å². The Morgan fingerprint density at radius 3 is 2.66 bits per heavy atom. The molecular formula is C23H24F5N9O. The number of alkyl halides is 4. The van der Waals surface area contributed by atoms with Gasteiger partial charge in [-0.05, 0) is 25.5 Å². The van der Waals surface area contributed by atoms with E-state index >= 15 is 4.39 Å². The Labute approximate surface area is 212 Å². The third-order valence-electron chi connectivity index (χ3n) is 6.53. The van der Waals surface area contributed by atoms with Crippen molar-refractivity contribution in [3.63, 3.8) is 0 Å². The molecule has 0 saturated carbocycles. The SMILES string of the molecule is CNc1nc(N[C@@H]2CCN(C(C)=O)CC2(F)F)nn2cc(F)c(-c3ccc4nc(C)n(CC(F)F)c4n3)c12. The maximum atomic E-state index is 15.3. The fraction of sp³-hybridized carbons (Fsp3) is 0.435. The zero-order valence-electron chi connectivity index (χ0n) is 20.6. The summed E-state index contributed by atoms with van der Waals surface area (Å²) in [4.78, 5) is 25.5. The van der Waals surface area contributed by atoms with E-state index in [0.29, 0.717) is 11.3 Å². The van der Waals surface area contributed by atoms with Gasteiger partial charge in [0.2, 0.25) is 11.9 Å². The number of piperidine rings is 1. The quantitative estimate of drug-likeness (QED) is 0.363. The molecule has 0 aliphatic carbocycles. The van der Waals surface area contributed by atoms with E-state index in [-0.39, 0.29) is 47.2 Å². The summed E-state index contributed by atoms with van der Waals surface area (Å²) in [5.74, 6) is -4.10. The van der Waals surface area contributed by atoms with Gasteiger partial charge in [-0.25, -0.2) is 36.4 Å². The predicted octanol–water partition coefficient (Wildman–Crippen LogP) is 3.56. The van der Waals surface area contributed by atoms with Crippen LogP contribution in [0.1, 0.15) is 19.2 Å². The average molecular weight is 537 g/mol. The first kappa shape index (κ1) is 25.6. The Kier molecular flexibility index (Phi) is 6.31. The molecule has 1 aliphatic rings. The van der Waals surface area contributed by atoms with Crippen LogP contribution in [0, 0.1) is 12.7 Å². The molecule has 38 heavy (non-hydrogen) atoms. The van der Waals surface area contributed by atoms with Crippen LogP contribution in [0.3, 0.4) is 0 Å². The van der Waals surface area contributed by atoms with Crippen LogP contribution < -0.4 is 10.6 Å². The molecule has 1 fully saturated rings. The van der Waals surface area contributed by atoms with Crippen molar-refractivity contribution >= 4 is 34.4 Å². The average Bonchev–Trinajstić information content (AvgIpc) is 3.34. The number of fused-ring (bicyclic) bond motifs is 2. The van der Waals surface area contributed by atoms with Gasteiger partial charge in [0.15, 0.2) is 17.3 Å². The van der Waals surface area contributed by atoms with Crippen LogP contribution in [0.2, 0.25) is 0 Å². The molecule has 2 N–H and O–H groups in total. The topological polar surface area (TPSA) is 105 Å². The molecule has 15 heteroatoms. The highest BCUT2D eigenvalue weighted by Gasteiger charge is 2.46. The minimum absolute atomic E-state index is 0.00495. The van der Waals surface area contributed by atoms with Crippen LogP contribution in [0.25, 0.3) is 27.9 Å². The molecule has 1 saturated heterocycles. The third kappa shape index (κ3) is 4.45. The van der Waals surface area contributed by atoms with Crippen LogP contribution >= 0.6 is 0 Å². The predicted molar refractivity (Wildman–Crippen MR) is 129 cm³/mol. The van der Waals surface area contributed by atoms with Crippen LogP contribution in [0.4, 0.5) is 33.7 Å². The van der Waals surface area contributed by atoms with E-state index < -0.39 is 43.2 Å². The summed E-state index contributed by atoms with van der Waals surface area (Å²) in [6.07, 6.45) is -1.62. The van der Waals surface area contributed by atoms with Gasteiger partial charge in [0.25, 0.3) is 12.3 Å². The molecule has 202 valence electrons. The second-order valence-corrected chi connectivity index (χ2v) is 9.07. The van der Waals surface area contributed by atoms with E-state index in [2.05, 4.69) is 30.7 Å². The molecule has 1 atom stereocenters. The number of pyridine rings is 1. The van der Waals surface area contributed by atoms with Gasteiger partial charge in [-0.1, -0.05) is 0 Å². The Morgan fingerprint density at radius 1 is 1.24 bits per heavy atom. The number of amides is 1. The third-order valence-corrected chi connectivity index (χ3v) is 6.53. The molecule has 1 aliphatic heterocycles. The largest absolute Gasteiger partial charge is 0.371 e. The molecule has 4 aromatic heterocycles.